The number of para-hydroxylation sites is 1. The molecular weight excluding hydrogens is 432 g/mol. The quantitative estimate of drug-likeness (QED) is 0.222. The van der Waals surface area contributed by atoms with E-state index in [1.807, 2.05) is 30.5 Å². The Bertz CT molecular complexity index is 1480. The lowest BCUT2D eigenvalue weighted by Gasteiger charge is -2.04. The maximum absolute atomic E-state index is 12.3. The molecule has 0 aliphatic rings. The lowest BCUT2D eigenvalue weighted by molar-refractivity contribution is -0.110. The minimum absolute atomic E-state index is 0.101. The maximum Gasteiger partial charge on any atom is 0.287 e. The number of carbonyl (C=O) groups excluding carboxylic acids is 1. The van der Waals surface area contributed by atoms with Gasteiger partial charge in [-0.15, -0.1) is 0 Å². The molecule has 0 radical (unpaired) electrons. The van der Waals surface area contributed by atoms with Gasteiger partial charge in [-0.2, -0.15) is 15.5 Å². The summed E-state index contributed by atoms with van der Waals surface area (Å²) in [4.78, 5) is 15.4. The van der Waals surface area contributed by atoms with Crippen LogP contribution in [-0.2, 0) is 14.8 Å². The van der Waals surface area contributed by atoms with Crippen molar-refractivity contribution in [2.24, 2.45) is 10.2 Å². The predicted molar refractivity (Wildman–Crippen MR) is 119 cm³/mol. The van der Waals surface area contributed by atoms with E-state index < -0.39 is 21.6 Å². The van der Waals surface area contributed by atoms with E-state index in [-0.39, 0.29) is 10.6 Å². The number of amides is 1. The van der Waals surface area contributed by atoms with Crippen molar-refractivity contribution in [3.63, 3.8) is 0 Å². The highest BCUT2D eigenvalue weighted by molar-refractivity contribution is 7.89. The number of nitrogens with one attached hydrogen (secondary N) is 4. The Morgan fingerprint density at radius 3 is 2.62 bits per heavy atom. The number of primary sulfonamides is 1. The van der Waals surface area contributed by atoms with Gasteiger partial charge in [-0.3, -0.25) is 15.3 Å². The average molecular weight is 448 g/mol. The molecule has 0 aliphatic heterocycles. The van der Waals surface area contributed by atoms with Gasteiger partial charge in [0.05, 0.1) is 10.6 Å². The fraction of sp³-hybridized carbons (Fsp3) is 0. The van der Waals surface area contributed by atoms with Gasteiger partial charge >= 0.3 is 0 Å². The van der Waals surface area contributed by atoms with Crippen LogP contribution in [-0.4, -0.2) is 35.2 Å². The molecule has 6 N–H and O–H groups in total. The van der Waals surface area contributed by atoms with Gasteiger partial charge in [0.15, 0.2) is 5.82 Å². The van der Waals surface area contributed by atoms with E-state index in [1.54, 1.807) is 12.1 Å². The van der Waals surface area contributed by atoms with Crippen molar-refractivity contribution in [1.29, 1.82) is 5.26 Å². The Kier molecular flexibility index (Phi) is 5.42. The second kappa shape index (κ2) is 8.34. The molecule has 0 spiro atoms. The van der Waals surface area contributed by atoms with Crippen molar-refractivity contribution < 1.29 is 13.2 Å². The van der Waals surface area contributed by atoms with E-state index in [0.717, 1.165) is 22.2 Å². The summed E-state index contributed by atoms with van der Waals surface area (Å²) in [5.74, 6) is -0.473. The van der Waals surface area contributed by atoms with Crippen molar-refractivity contribution in [1.82, 2.24) is 15.2 Å². The summed E-state index contributed by atoms with van der Waals surface area (Å²) in [5, 5.41) is 28.6. The lowest BCUT2D eigenvalue weighted by Crippen LogP contribution is -2.22. The van der Waals surface area contributed by atoms with Gasteiger partial charge in [-0.05, 0) is 30.3 Å². The van der Waals surface area contributed by atoms with Gasteiger partial charge in [0.1, 0.15) is 6.07 Å². The number of sulfonamides is 1. The molecule has 0 saturated carbocycles. The summed E-state index contributed by atoms with van der Waals surface area (Å²) >= 11 is 0. The fourth-order valence-corrected chi connectivity index (χ4v) is 3.48. The minimum Gasteiger partial charge on any atom is -0.360 e. The Balaban J connectivity index is 1.46. The Labute approximate surface area is 182 Å². The van der Waals surface area contributed by atoms with E-state index in [1.165, 1.54) is 24.3 Å². The summed E-state index contributed by atoms with van der Waals surface area (Å²) in [6, 6.07) is 16.4. The number of nitriles is 1. The van der Waals surface area contributed by atoms with Crippen LogP contribution in [0.2, 0.25) is 0 Å². The first-order valence-corrected chi connectivity index (χ1v) is 10.7. The molecule has 0 saturated heterocycles. The number of carbonyl (C=O) groups is 1. The number of nitrogens with zero attached hydrogens (tertiary/aromatic N) is 3. The standard InChI is InChI=1S/C20H16N8O3S/c21-10-18(20(29)24-12-5-7-13(8-6-12)32(22,30)31)26-28-19-9-17(25-27-19)15-11-23-16-4-2-1-3-14(15)16/h1-9,11,23H,(H,24,29)(H2,22,30,31)(H2,25,27,28)/b26-18+. The van der Waals surface area contributed by atoms with Crippen LogP contribution < -0.4 is 15.9 Å². The molecule has 0 fully saturated rings. The summed E-state index contributed by atoms with van der Waals surface area (Å²) in [5.41, 5.74) is 5.01. The number of benzene rings is 2. The molecule has 0 aliphatic carbocycles. The van der Waals surface area contributed by atoms with Gasteiger partial charge in [-0.1, -0.05) is 18.2 Å². The van der Waals surface area contributed by atoms with Crippen molar-refractivity contribution in [2.45, 2.75) is 4.90 Å². The number of hydrogen-bond acceptors (Lipinski definition) is 7. The van der Waals surface area contributed by atoms with E-state index in [9.17, 15) is 18.5 Å². The van der Waals surface area contributed by atoms with Crippen LogP contribution in [0.4, 0.5) is 11.5 Å². The minimum atomic E-state index is -3.85. The first-order chi connectivity index (χ1) is 15.3. The second-order valence-corrected chi connectivity index (χ2v) is 8.18. The molecular formula is C20H16N8O3S. The molecule has 4 rings (SSSR count). The van der Waals surface area contributed by atoms with Gasteiger partial charge in [0.25, 0.3) is 5.91 Å². The molecule has 11 nitrogen and oxygen atoms in total. The molecule has 2 heterocycles. The van der Waals surface area contributed by atoms with Crippen LogP contribution in [0, 0.1) is 11.3 Å². The highest BCUT2D eigenvalue weighted by Crippen LogP contribution is 2.28. The molecule has 1 amide bonds. The lowest BCUT2D eigenvalue weighted by atomic mass is 10.1. The van der Waals surface area contributed by atoms with E-state index in [2.05, 4.69) is 31.0 Å². The van der Waals surface area contributed by atoms with E-state index in [4.69, 9.17) is 5.14 Å². The molecule has 32 heavy (non-hydrogen) atoms. The molecule has 0 atom stereocenters. The van der Waals surface area contributed by atoms with E-state index in [0.29, 0.717) is 5.82 Å². The third kappa shape index (κ3) is 4.33. The van der Waals surface area contributed by atoms with Gasteiger partial charge < -0.3 is 10.3 Å². The van der Waals surface area contributed by atoms with Crippen molar-refractivity contribution in [3.05, 3.63) is 60.8 Å². The third-order valence-electron chi connectivity index (χ3n) is 4.50. The molecule has 160 valence electrons. The summed E-state index contributed by atoms with van der Waals surface area (Å²) in [7, 11) is -3.85. The van der Waals surface area contributed by atoms with Crippen LogP contribution in [0.15, 0.2) is 70.8 Å². The number of aromatic amines is 2. The summed E-state index contributed by atoms with van der Waals surface area (Å²) in [6.07, 6.45) is 1.85. The Morgan fingerprint density at radius 1 is 1.16 bits per heavy atom. The van der Waals surface area contributed by atoms with Gasteiger partial charge in [-0.25, -0.2) is 13.6 Å². The van der Waals surface area contributed by atoms with E-state index >= 15 is 0 Å². The first kappa shape index (κ1) is 20.8. The number of rotatable bonds is 6. The highest BCUT2D eigenvalue weighted by atomic mass is 32.2. The number of fused-ring (bicyclic) bond motifs is 1. The first-order valence-electron chi connectivity index (χ1n) is 9.15. The van der Waals surface area contributed by atoms with Crippen LogP contribution in [0.25, 0.3) is 22.2 Å². The van der Waals surface area contributed by atoms with Crippen molar-refractivity contribution in [3.8, 4) is 17.3 Å². The zero-order valence-corrected chi connectivity index (χ0v) is 17.1. The Hall–Kier alpha value is -4.47. The molecule has 2 aromatic heterocycles. The largest absolute Gasteiger partial charge is 0.360 e. The highest BCUT2D eigenvalue weighted by Gasteiger charge is 2.14. The second-order valence-electron chi connectivity index (χ2n) is 6.62. The van der Waals surface area contributed by atoms with Crippen molar-refractivity contribution in [2.75, 3.05) is 10.7 Å². The number of anilines is 2. The molecule has 0 unspecified atom stereocenters. The normalized spacial score (nSPS) is 11.8. The van der Waals surface area contributed by atoms with Gasteiger partial charge in [0.2, 0.25) is 15.7 Å². The molecule has 4 aromatic rings. The van der Waals surface area contributed by atoms with Crippen LogP contribution in [0.3, 0.4) is 0 Å². The SMILES string of the molecule is N#C/C(=N\Nc1cc(-c2c[nH]c3ccccc23)[nH]n1)C(=O)Nc1ccc(S(N)(=O)=O)cc1. The number of hydrazone groups is 1. The summed E-state index contributed by atoms with van der Waals surface area (Å²) in [6.45, 7) is 0. The van der Waals surface area contributed by atoms with Crippen LogP contribution in [0.5, 0.6) is 0 Å². The summed E-state index contributed by atoms with van der Waals surface area (Å²) < 4.78 is 22.6. The molecule has 12 heteroatoms. The number of hydrogen-bond donors (Lipinski definition) is 5. The zero-order chi connectivity index (χ0) is 22.7. The number of aromatic nitrogens is 3. The Morgan fingerprint density at radius 2 is 1.91 bits per heavy atom. The zero-order valence-electron chi connectivity index (χ0n) is 16.3. The number of nitrogens with two attached hydrogens (primary N) is 1. The van der Waals surface area contributed by atoms with Crippen LogP contribution >= 0.6 is 0 Å². The van der Waals surface area contributed by atoms with Crippen molar-refractivity contribution >= 4 is 44.1 Å². The monoisotopic (exact) mass is 448 g/mol. The fourth-order valence-electron chi connectivity index (χ4n) is 2.97. The topological polar surface area (TPSA) is 182 Å². The third-order valence-corrected chi connectivity index (χ3v) is 5.43. The predicted octanol–water partition coefficient (Wildman–Crippen LogP) is 2.14. The van der Waals surface area contributed by atoms with Gasteiger partial charge in [0, 0.05) is 34.4 Å². The molecule has 0 bridgehead atoms. The smallest absolute Gasteiger partial charge is 0.287 e. The number of H-pyrrole nitrogens is 2. The molecule has 2 aromatic carbocycles. The maximum atomic E-state index is 12.3. The average Bonchev–Trinajstić information content (AvgIpc) is 3.40. The van der Waals surface area contributed by atoms with Crippen LogP contribution in [0.1, 0.15) is 0 Å².